The fourth-order valence-corrected chi connectivity index (χ4v) is 4.25. The number of rotatable bonds is 4. The summed E-state index contributed by atoms with van der Waals surface area (Å²) in [4.78, 5) is 4.77. The first-order valence-corrected chi connectivity index (χ1v) is 8.65. The van der Waals surface area contributed by atoms with E-state index in [9.17, 15) is 4.39 Å². The molecule has 120 valence electrons. The van der Waals surface area contributed by atoms with Crippen LogP contribution in [-0.4, -0.2) is 48.1 Å². The molecule has 4 heteroatoms. The molecule has 3 fully saturated rings. The molecular weight excluding hydrogens is 279 g/mol. The quantitative estimate of drug-likeness (QED) is 0.850. The van der Waals surface area contributed by atoms with Crippen LogP contribution in [0.1, 0.15) is 37.7 Å². The van der Waals surface area contributed by atoms with Gasteiger partial charge in [0, 0.05) is 31.6 Å². The van der Waals surface area contributed by atoms with E-state index in [1.54, 1.807) is 6.07 Å². The van der Waals surface area contributed by atoms with E-state index in [0.717, 1.165) is 51.0 Å². The van der Waals surface area contributed by atoms with Crippen molar-refractivity contribution in [1.82, 2.24) is 9.80 Å². The number of nitrogens with zero attached hydrogens (tertiary/aromatic N) is 2. The minimum Gasteiger partial charge on any atom is -0.483 e. The highest BCUT2D eigenvalue weighted by atomic mass is 19.1. The number of piperidine rings is 1. The predicted molar refractivity (Wildman–Crippen MR) is 84.6 cm³/mol. The molecule has 3 nitrogen and oxygen atoms in total. The third-order valence-corrected chi connectivity index (χ3v) is 5.46. The van der Waals surface area contributed by atoms with Gasteiger partial charge in [0.25, 0.3) is 0 Å². The van der Waals surface area contributed by atoms with Gasteiger partial charge in [-0.1, -0.05) is 12.1 Å². The fraction of sp³-hybridized carbons (Fsp3) is 0.667. The first-order chi connectivity index (χ1) is 10.7. The lowest BCUT2D eigenvalue weighted by Crippen LogP contribution is -2.43. The van der Waals surface area contributed by atoms with Gasteiger partial charge in [0.1, 0.15) is 5.60 Å². The van der Waals surface area contributed by atoms with Gasteiger partial charge in [-0.05, 0) is 51.4 Å². The monoisotopic (exact) mass is 304 g/mol. The van der Waals surface area contributed by atoms with E-state index < -0.39 is 0 Å². The Balaban J connectivity index is 1.52. The van der Waals surface area contributed by atoms with Gasteiger partial charge in [-0.2, -0.15) is 0 Å². The zero-order valence-corrected chi connectivity index (χ0v) is 13.2. The van der Waals surface area contributed by atoms with Gasteiger partial charge >= 0.3 is 0 Å². The first-order valence-electron chi connectivity index (χ1n) is 8.65. The van der Waals surface area contributed by atoms with Gasteiger partial charge in [-0.15, -0.1) is 0 Å². The van der Waals surface area contributed by atoms with Crippen molar-refractivity contribution >= 4 is 0 Å². The third-order valence-electron chi connectivity index (χ3n) is 5.46. The summed E-state index contributed by atoms with van der Waals surface area (Å²) >= 11 is 0. The van der Waals surface area contributed by atoms with Crippen LogP contribution in [0.4, 0.5) is 4.39 Å². The largest absolute Gasteiger partial charge is 0.483 e. The van der Waals surface area contributed by atoms with Crippen molar-refractivity contribution < 1.29 is 9.13 Å². The number of halogens is 1. The highest BCUT2D eigenvalue weighted by Gasteiger charge is 2.43. The van der Waals surface area contributed by atoms with Crippen LogP contribution in [0.15, 0.2) is 18.2 Å². The van der Waals surface area contributed by atoms with Gasteiger partial charge in [-0.25, -0.2) is 4.39 Å². The maximum absolute atomic E-state index is 14.8. The van der Waals surface area contributed by atoms with E-state index >= 15 is 0 Å². The minimum absolute atomic E-state index is 0.146. The first kappa shape index (κ1) is 14.5. The summed E-state index contributed by atoms with van der Waals surface area (Å²) in [7, 11) is 0. The van der Waals surface area contributed by atoms with Crippen molar-refractivity contribution in [2.45, 2.75) is 44.2 Å². The van der Waals surface area contributed by atoms with E-state index in [1.807, 2.05) is 12.1 Å². The Labute approximate surface area is 132 Å². The van der Waals surface area contributed by atoms with Crippen molar-refractivity contribution in [3.05, 3.63) is 29.6 Å². The molecule has 0 radical (unpaired) electrons. The standard InChI is InChI=1S/C18H25FN2O/c19-17-15(13-20-9-1-2-10-20)5-3-6-16(17)22-18-7-4-11-21(14-18)12-8-18/h3,5-6H,1-2,4,7-14H2/t18-/m1/s1. The van der Waals surface area contributed by atoms with Crippen LogP contribution in [0.25, 0.3) is 0 Å². The predicted octanol–water partition coefficient (Wildman–Crippen LogP) is 3.04. The Bertz CT molecular complexity index is 540. The maximum Gasteiger partial charge on any atom is 0.169 e. The lowest BCUT2D eigenvalue weighted by atomic mass is 9.94. The van der Waals surface area contributed by atoms with Crippen molar-refractivity contribution in [2.75, 3.05) is 32.7 Å². The molecule has 0 saturated carbocycles. The highest BCUT2D eigenvalue weighted by Crippen LogP contribution is 2.37. The molecule has 1 aromatic carbocycles. The molecule has 1 unspecified atom stereocenters. The van der Waals surface area contributed by atoms with E-state index in [2.05, 4.69) is 9.80 Å². The van der Waals surface area contributed by atoms with E-state index in [-0.39, 0.29) is 11.4 Å². The Morgan fingerprint density at radius 2 is 1.91 bits per heavy atom. The molecule has 0 aromatic heterocycles. The van der Waals surface area contributed by atoms with Gasteiger partial charge in [0.05, 0.1) is 0 Å². The molecule has 1 aromatic rings. The third kappa shape index (κ3) is 2.74. The molecule has 0 spiro atoms. The summed E-state index contributed by atoms with van der Waals surface area (Å²) in [5.74, 6) is 0.313. The number of hydrogen-bond acceptors (Lipinski definition) is 3. The molecule has 2 atom stereocenters. The summed E-state index contributed by atoms with van der Waals surface area (Å²) < 4.78 is 21.1. The summed E-state index contributed by atoms with van der Waals surface area (Å²) in [6, 6.07) is 5.64. The number of likely N-dealkylation sites (tertiary alicyclic amines) is 1. The average molecular weight is 304 g/mol. The van der Waals surface area contributed by atoms with Crippen molar-refractivity contribution in [1.29, 1.82) is 0 Å². The molecule has 3 heterocycles. The molecule has 0 amide bonds. The van der Waals surface area contributed by atoms with E-state index in [1.165, 1.54) is 19.4 Å². The van der Waals surface area contributed by atoms with Crippen molar-refractivity contribution in [2.24, 2.45) is 0 Å². The van der Waals surface area contributed by atoms with Crippen LogP contribution >= 0.6 is 0 Å². The molecule has 0 N–H and O–H groups in total. The van der Waals surface area contributed by atoms with Gasteiger partial charge in [0.2, 0.25) is 0 Å². The summed E-state index contributed by atoms with van der Waals surface area (Å²) in [6.07, 6.45) is 5.71. The Kier molecular flexibility index (Phi) is 3.82. The molecule has 22 heavy (non-hydrogen) atoms. The molecular formula is C18H25FN2O. The summed E-state index contributed by atoms with van der Waals surface area (Å²) in [6.45, 7) is 6.11. The maximum atomic E-state index is 14.8. The Hall–Kier alpha value is -1.13. The minimum atomic E-state index is -0.147. The van der Waals surface area contributed by atoms with Gasteiger partial charge in [-0.3, -0.25) is 9.80 Å². The topological polar surface area (TPSA) is 15.7 Å². The number of hydrogen-bond donors (Lipinski definition) is 0. The summed E-state index contributed by atoms with van der Waals surface area (Å²) in [5.41, 5.74) is 0.632. The van der Waals surface area contributed by atoms with Crippen LogP contribution in [0.5, 0.6) is 5.75 Å². The Morgan fingerprint density at radius 3 is 2.77 bits per heavy atom. The van der Waals surface area contributed by atoms with Crippen molar-refractivity contribution in [3.8, 4) is 5.75 Å². The summed E-state index contributed by atoms with van der Waals surface area (Å²) in [5, 5.41) is 0. The molecule has 2 bridgehead atoms. The molecule has 3 saturated heterocycles. The molecule has 3 aliphatic heterocycles. The van der Waals surface area contributed by atoms with E-state index in [4.69, 9.17) is 4.74 Å². The van der Waals surface area contributed by atoms with Crippen LogP contribution in [0.3, 0.4) is 0 Å². The second kappa shape index (κ2) is 5.82. The molecule has 3 aliphatic rings. The van der Waals surface area contributed by atoms with Crippen LogP contribution in [-0.2, 0) is 6.54 Å². The SMILES string of the molecule is Fc1c(CN2CCCC2)cccc1O[C@]12CCCN(CC1)C2. The van der Waals surface area contributed by atoms with E-state index in [0.29, 0.717) is 12.3 Å². The molecule has 4 rings (SSSR count). The highest BCUT2D eigenvalue weighted by molar-refractivity contribution is 5.32. The number of fused-ring (bicyclic) bond motifs is 2. The number of benzene rings is 1. The zero-order valence-electron chi connectivity index (χ0n) is 13.2. The number of ether oxygens (including phenoxy) is 1. The second-order valence-corrected chi connectivity index (χ2v) is 7.13. The smallest absolute Gasteiger partial charge is 0.169 e. The lowest BCUT2D eigenvalue weighted by molar-refractivity contribution is 0.0413. The normalized spacial score (nSPS) is 31.6. The zero-order chi connectivity index (χ0) is 15.0. The second-order valence-electron chi connectivity index (χ2n) is 7.13. The Morgan fingerprint density at radius 1 is 1.05 bits per heavy atom. The fourth-order valence-electron chi connectivity index (χ4n) is 4.25. The van der Waals surface area contributed by atoms with Gasteiger partial charge in [0.15, 0.2) is 11.6 Å². The average Bonchev–Trinajstić information content (AvgIpc) is 3.12. The van der Waals surface area contributed by atoms with Crippen molar-refractivity contribution in [3.63, 3.8) is 0 Å². The van der Waals surface area contributed by atoms with Crippen LogP contribution in [0, 0.1) is 5.82 Å². The lowest BCUT2D eigenvalue weighted by Gasteiger charge is -2.34. The van der Waals surface area contributed by atoms with Crippen LogP contribution < -0.4 is 4.74 Å². The molecule has 0 aliphatic carbocycles. The van der Waals surface area contributed by atoms with Crippen LogP contribution in [0.2, 0.25) is 0 Å². The van der Waals surface area contributed by atoms with Gasteiger partial charge < -0.3 is 4.74 Å².